The van der Waals surface area contributed by atoms with E-state index in [-0.39, 0.29) is 55.4 Å². The third kappa shape index (κ3) is 10.8. The Kier molecular flexibility index (Phi) is 13.7. The zero-order valence-corrected chi connectivity index (χ0v) is 35.6. The summed E-state index contributed by atoms with van der Waals surface area (Å²) in [5.41, 5.74) is 6.10. The highest BCUT2D eigenvalue weighted by atomic mass is 32.1. The molecule has 3 amide bonds. The highest BCUT2D eigenvalue weighted by Gasteiger charge is 2.44. The van der Waals surface area contributed by atoms with Gasteiger partial charge in [0.1, 0.15) is 17.8 Å². The average molecular weight is 817 g/mol. The van der Waals surface area contributed by atoms with E-state index in [0.29, 0.717) is 19.4 Å². The molecular weight excluding hydrogens is 761 g/mol. The number of aryl methyl sites for hydroxylation is 1. The number of aliphatic hydroxyl groups is 1. The molecule has 2 aliphatic rings. The summed E-state index contributed by atoms with van der Waals surface area (Å²) in [5, 5.41) is 19.7. The van der Waals surface area contributed by atoms with Gasteiger partial charge in [0.15, 0.2) is 5.13 Å². The van der Waals surface area contributed by atoms with Crippen molar-refractivity contribution in [2.24, 2.45) is 5.41 Å². The summed E-state index contributed by atoms with van der Waals surface area (Å²) >= 11 is 3.23. The molecule has 2 fully saturated rings. The van der Waals surface area contributed by atoms with Crippen LogP contribution in [0.5, 0.6) is 5.75 Å². The molecule has 4 aromatic rings. The van der Waals surface area contributed by atoms with Gasteiger partial charge in [-0.2, -0.15) is 0 Å². The quantitative estimate of drug-likeness (QED) is 0.117. The topological polar surface area (TPSA) is 146 Å². The molecule has 0 saturated carbocycles. The Bertz CT molecular complexity index is 1970. The lowest BCUT2D eigenvalue weighted by molar-refractivity contribution is -0.144. The molecule has 12 nitrogen and oxygen atoms in total. The van der Waals surface area contributed by atoms with Gasteiger partial charge in [-0.3, -0.25) is 14.4 Å². The predicted molar refractivity (Wildman–Crippen MR) is 225 cm³/mol. The third-order valence-corrected chi connectivity index (χ3v) is 12.3. The summed E-state index contributed by atoms with van der Waals surface area (Å²) in [6.07, 6.45) is 1.08. The molecule has 0 radical (unpaired) electrons. The van der Waals surface area contributed by atoms with Gasteiger partial charge in [-0.15, -0.1) is 22.7 Å². The minimum atomic E-state index is -0.879. The van der Waals surface area contributed by atoms with Gasteiger partial charge in [0.2, 0.25) is 17.7 Å². The molecule has 4 heterocycles. The average Bonchev–Trinajstić information content (AvgIpc) is 3.93. The van der Waals surface area contributed by atoms with Gasteiger partial charge in [-0.25, -0.2) is 9.97 Å². The number of aromatic nitrogens is 2. The van der Waals surface area contributed by atoms with Crippen molar-refractivity contribution in [2.45, 2.75) is 111 Å². The fraction of sp³-hybridized carbons (Fsp3) is 0.512. The van der Waals surface area contributed by atoms with Crippen LogP contribution in [0.2, 0.25) is 0 Å². The zero-order valence-electron chi connectivity index (χ0n) is 34.0. The SMILES string of the molecule is Cc1ncsc1-c1ccc(C(C)NC(=O)C2CC(O)CN2C(=O)C(NC(=O)CCCCOc2ccc(-c3csc(N4CC(C)OC(C)C4)n3)cc2)C(C)(C)C)cc1. The number of amides is 3. The Morgan fingerprint density at radius 1 is 0.965 bits per heavy atom. The molecule has 57 heavy (non-hydrogen) atoms. The van der Waals surface area contributed by atoms with Gasteiger partial charge in [0, 0.05) is 43.4 Å². The van der Waals surface area contributed by atoms with Crippen molar-refractivity contribution in [3.8, 4) is 27.4 Å². The van der Waals surface area contributed by atoms with Crippen molar-refractivity contribution < 1.29 is 29.0 Å². The molecule has 2 aliphatic heterocycles. The normalized spacial score (nSPS) is 20.9. The van der Waals surface area contributed by atoms with E-state index in [2.05, 4.69) is 39.7 Å². The highest BCUT2D eigenvalue weighted by Crippen LogP contribution is 2.32. The first-order chi connectivity index (χ1) is 27.2. The maximum atomic E-state index is 14.1. The van der Waals surface area contributed by atoms with Gasteiger partial charge in [-0.1, -0.05) is 45.0 Å². The monoisotopic (exact) mass is 816 g/mol. The van der Waals surface area contributed by atoms with Crippen LogP contribution in [0.15, 0.2) is 59.4 Å². The van der Waals surface area contributed by atoms with Crippen molar-refractivity contribution in [1.82, 2.24) is 25.5 Å². The number of nitrogens with one attached hydrogen (secondary N) is 2. The first-order valence-corrected chi connectivity index (χ1v) is 21.6. The summed E-state index contributed by atoms with van der Waals surface area (Å²) in [5.74, 6) is -0.222. The number of anilines is 1. The van der Waals surface area contributed by atoms with Gasteiger partial charge in [0.05, 0.1) is 52.7 Å². The van der Waals surface area contributed by atoms with Crippen LogP contribution in [-0.4, -0.2) is 94.3 Å². The molecule has 6 unspecified atom stereocenters. The first-order valence-electron chi connectivity index (χ1n) is 19.8. The summed E-state index contributed by atoms with van der Waals surface area (Å²) in [7, 11) is 0. The number of hydrogen-bond acceptors (Lipinski definition) is 11. The summed E-state index contributed by atoms with van der Waals surface area (Å²) < 4.78 is 11.8. The fourth-order valence-electron chi connectivity index (χ4n) is 7.42. The second-order valence-electron chi connectivity index (χ2n) is 16.4. The fourth-order valence-corrected chi connectivity index (χ4v) is 9.09. The van der Waals surface area contributed by atoms with Crippen molar-refractivity contribution in [2.75, 3.05) is 31.1 Å². The van der Waals surface area contributed by atoms with Gasteiger partial charge < -0.3 is 35.0 Å². The van der Waals surface area contributed by atoms with Crippen molar-refractivity contribution in [3.63, 3.8) is 0 Å². The molecule has 0 aliphatic carbocycles. The highest BCUT2D eigenvalue weighted by molar-refractivity contribution is 7.14. The molecule has 2 aromatic carbocycles. The number of nitrogens with zero attached hydrogens (tertiary/aromatic N) is 4. The van der Waals surface area contributed by atoms with Crippen LogP contribution in [0.1, 0.15) is 84.5 Å². The summed E-state index contributed by atoms with van der Waals surface area (Å²) in [6, 6.07) is 13.8. The Balaban J connectivity index is 0.961. The van der Waals surface area contributed by atoms with E-state index in [9.17, 15) is 19.5 Å². The van der Waals surface area contributed by atoms with E-state index in [1.54, 1.807) is 22.7 Å². The predicted octanol–water partition coefficient (Wildman–Crippen LogP) is 6.77. The van der Waals surface area contributed by atoms with Gasteiger partial charge in [-0.05, 0) is 81.3 Å². The summed E-state index contributed by atoms with van der Waals surface area (Å²) in [6.45, 7) is 15.8. The van der Waals surface area contributed by atoms with E-state index >= 15 is 0 Å². The lowest BCUT2D eigenvalue weighted by atomic mass is 9.85. The smallest absolute Gasteiger partial charge is 0.246 e. The number of aliphatic hydroxyl groups excluding tert-OH is 1. The zero-order chi connectivity index (χ0) is 40.9. The van der Waals surface area contributed by atoms with Crippen molar-refractivity contribution >= 4 is 45.5 Å². The van der Waals surface area contributed by atoms with E-state index in [4.69, 9.17) is 14.5 Å². The molecule has 306 valence electrons. The Labute approximate surface area is 344 Å². The van der Waals surface area contributed by atoms with Crippen LogP contribution < -0.4 is 20.3 Å². The second-order valence-corrected chi connectivity index (χ2v) is 18.1. The lowest BCUT2D eigenvalue weighted by Gasteiger charge is -2.35. The standard InChI is InChI=1S/C43H56N6O6S2/c1-26-21-48(22-27(2)55-26)42-46-35(24-56-42)31-15-17-34(18-16-31)54-19-9-8-10-37(51)47-39(43(5,6)7)41(53)49-23-33(50)20-36(49)40(52)45-28(3)30-11-13-32(14-12-30)38-29(4)44-25-57-38/h11-18,24-28,33,36,39,50H,8-10,19-23H2,1-7H3,(H,45,52)(H,47,51). The van der Waals surface area contributed by atoms with Crippen molar-refractivity contribution in [3.05, 3.63) is 70.7 Å². The van der Waals surface area contributed by atoms with Crippen LogP contribution in [0.4, 0.5) is 5.13 Å². The number of carbonyl (C=O) groups is 3. The minimum absolute atomic E-state index is 0.0207. The van der Waals surface area contributed by atoms with Crippen molar-refractivity contribution in [1.29, 1.82) is 0 Å². The molecule has 6 rings (SSSR count). The largest absolute Gasteiger partial charge is 0.494 e. The Morgan fingerprint density at radius 2 is 1.65 bits per heavy atom. The van der Waals surface area contributed by atoms with E-state index in [0.717, 1.165) is 56.9 Å². The van der Waals surface area contributed by atoms with Crippen LogP contribution in [0, 0.1) is 12.3 Å². The third-order valence-electron chi connectivity index (χ3n) is 10.5. The maximum Gasteiger partial charge on any atom is 0.246 e. The molecule has 14 heteroatoms. The molecule has 0 bridgehead atoms. The number of rotatable bonds is 14. The van der Waals surface area contributed by atoms with Crippen LogP contribution in [0.3, 0.4) is 0 Å². The molecule has 0 spiro atoms. The minimum Gasteiger partial charge on any atom is -0.494 e. The number of thiazole rings is 2. The van der Waals surface area contributed by atoms with E-state index < -0.39 is 23.6 Å². The number of β-amino-alcohol motifs (C(OH)–C–C–N with tert-alkyl or cyclic N) is 1. The van der Waals surface area contributed by atoms with Crippen LogP contribution in [0.25, 0.3) is 21.7 Å². The Hall–Kier alpha value is -4.37. The molecule has 2 aromatic heterocycles. The lowest BCUT2D eigenvalue weighted by Crippen LogP contribution is -2.57. The van der Waals surface area contributed by atoms with E-state index in [1.807, 2.05) is 88.7 Å². The van der Waals surface area contributed by atoms with Crippen LogP contribution in [-0.2, 0) is 19.1 Å². The number of unbranched alkanes of at least 4 members (excludes halogenated alkanes) is 1. The number of likely N-dealkylation sites (tertiary alicyclic amines) is 1. The molecule has 6 atom stereocenters. The first kappa shape index (κ1) is 42.2. The van der Waals surface area contributed by atoms with Gasteiger partial charge in [0.25, 0.3) is 0 Å². The maximum absolute atomic E-state index is 14.1. The number of carbonyl (C=O) groups excluding carboxylic acids is 3. The second kappa shape index (κ2) is 18.5. The number of benzene rings is 2. The Morgan fingerprint density at radius 3 is 2.30 bits per heavy atom. The van der Waals surface area contributed by atoms with Crippen LogP contribution >= 0.6 is 22.7 Å². The number of hydrogen-bond donors (Lipinski definition) is 3. The summed E-state index contributed by atoms with van der Waals surface area (Å²) in [4.78, 5) is 54.9. The van der Waals surface area contributed by atoms with Gasteiger partial charge >= 0.3 is 0 Å². The molecule has 2 saturated heterocycles. The molecule has 3 N–H and O–H groups in total. The number of ether oxygens (including phenoxy) is 2. The number of morpholine rings is 1. The molecular formula is C43H56N6O6S2. The van der Waals surface area contributed by atoms with E-state index in [1.165, 1.54) is 4.90 Å².